The smallest absolute Gasteiger partial charge is 0.0254 e. The number of thioether (sulfide) groups is 1. The van der Waals surface area contributed by atoms with Gasteiger partial charge in [-0.15, -0.1) is 0 Å². The van der Waals surface area contributed by atoms with Crippen LogP contribution in [0.1, 0.15) is 50.2 Å². The third-order valence-corrected chi connectivity index (χ3v) is 4.34. The molecule has 2 aromatic carbocycles. The molecule has 6 heteroatoms. The van der Waals surface area contributed by atoms with Crippen molar-refractivity contribution in [3.05, 3.63) is 65.7 Å². The highest BCUT2D eigenvalue weighted by Gasteiger charge is 1.94. The van der Waals surface area contributed by atoms with E-state index in [2.05, 4.69) is 54.5 Å². The Morgan fingerprint density at radius 3 is 1.89 bits per heavy atom. The molecule has 0 aliphatic heterocycles. The van der Waals surface area contributed by atoms with Crippen LogP contribution in [0.15, 0.2) is 59.5 Å². The van der Waals surface area contributed by atoms with Crippen LogP contribution in [-0.4, -0.2) is 0 Å². The van der Waals surface area contributed by atoms with E-state index >= 15 is 0 Å². The number of rotatable bonds is 7. The molecule has 2 aromatic rings. The lowest BCUT2D eigenvalue weighted by Crippen LogP contribution is -1.86. The minimum atomic E-state index is 0. The molecule has 0 bridgehead atoms. The molecule has 0 N–H and O–H groups in total. The molecule has 2 rings (SSSR count). The van der Waals surface area contributed by atoms with E-state index in [4.69, 9.17) is 0 Å². The van der Waals surface area contributed by atoms with Crippen LogP contribution in [0.4, 0.5) is 23.5 Å². The Labute approximate surface area is 163 Å². The van der Waals surface area contributed by atoms with Gasteiger partial charge in [-0.2, -0.15) is 0 Å². The summed E-state index contributed by atoms with van der Waals surface area (Å²) in [5.74, 6) is 3.22. The molecule has 0 aliphatic rings. The molecule has 0 nitrogen and oxygen atoms in total. The van der Waals surface area contributed by atoms with Gasteiger partial charge in [0.2, 0.25) is 0 Å². The van der Waals surface area contributed by atoms with Crippen LogP contribution in [0.2, 0.25) is 0 Å². The van der Waals surface area contributed by atoms with Gasteiger partial charge in [0.1, 0.15) is 0 Å². The molecule has 0 saturated heterocycles. The molecule has 0 radical (unpaired) electrons. The summed E-state index contributed by atoms with van der Waals surface area (Å²) in [6.07, 6.45) is 7.90. The molecule has 0 aromatic heterocycles. The van der Waals surface area contributed by atoms with Crippen LogP contribution >= 0.6 is 11.8 Å². The molecule has 154 valence electrons. The zero-order chi connectivity index (χ0) is 15.5. The fraction of sp³-hybridized carbons (Fsp3) is 0.333. The van der Waals surface area contributed by atoms with E-state index in [9.17, 15) is 0 Å². The number of hydrogen-bond donors (Lipinski definition) is 0. The van der Waals surface area contributed by atoms with Crippen molar-refractivity contribution in [3.63, 3.8) is 0 Å². The highest BCUT2D eigenvalue weighted by atomic mass is 32.2. The maximum absolute atomic E-state index is 3.22. The van der Waals surface area contributed by atoms with Crippen LogP contribution in [0.3, 0.4) is 0 Å². The standard InChI is InChI=1S/C21H24S.5FH/c1-2-3-4-5-7-10-19-13-15-20(16-14-19)17-18-22-21-11-8-6-9-12-21;;;;;/h6,8-9,11-16H,2-5,7,10H2,1H3;5*1H. The molecule has 0 aliphatic carbocycles. The quantitative estimate of drug-likeness (QED) is 0.204. The second-order valence-electron chi connectivity index (χ2n) is 5.50. The van der Waals surface area contributed by atoms with Gasteiger partial charge in [-0.3, -0.25) is 23.5 Å². The number of aryl methyl sites for hydroxylation is 1. The topological polar surface area (TPSA) is 0 Å². The van der Waals surface area contributed by atoms with Crippen LogP contribution in [0.5, 0.6) is 0 Å². The summed E-state index contributed by atoms with van der Waals surface area (Å²) < 4.78 is 0. The van der Waals surface area contributed by atoms with Crippen LogP contribution in [0, 0.1) is 11.2 Å². The summed E-state index contributed by atoms with van der Waals surface area (Å²) in [5.41, 5.74) is 2.52. The van der Waals surface area contributed by atoms with Crippen molar-refractivity contribution in [2.45, 2.75) is 50.3 Å². The lowest BCUT2D eigenvalue weighted by molar-refractivity contribution is 0.632. The highest BCUT2D eigenvalue weighted by Crippen LogP contribution is 2.15. The van der Waals surface area contributed by atoms with Crippen LogP contribution in [-0.2, 0) is 6.42 Å². The highest BCUT2D eigenvalue weighted by molar-refractivity contribution is 8.03. The Hall–Kier alpha value is -2.00. The van der Waals surface area contributed by atoms with Crippen molar-refractivity contribution in [2.75, 3.05) is 0 Å². The van der Waals surface area contributed by atoms with Crippen molar-refractivity contribution >= 4 is 11.8 Å². The first-order valence-corrected chi connectivity index (χ1v) is 9.02. The monoisotopic (exact) mass is 408 g/mol. The number of benzene rings is 2. The minimum absolute atomic E-state index is 0. The summed E-state index contributed by atoms with van der Waals surface area (Å²) in [7, 11) is 0. The van der Waals surface area contributed by atoms with Crippen LogP contribution in [0.25, 0.3) is 0 Å². The summed E-state index contributed by atoms with van der Waals surface area (Å²) >= 11 is 1.58. The SMILES string of the molecule is CCCCCCCc1ccc(C#CSc2ccccc2)cc1.F.F.F.F.F. The van der Waals surface area contributed by atoms with Crippen molar-refractivity contribution in [3.8, 4) is 11.2 Å². The second-order valence-corrected chi connectivity index (χ2v) is 6.38. The van der Waals surface area contributed by atoms with Gasteiger partial charge in [-0.1, -0.05) is 68.9 Å². The van der Waals surface area contributed by atoms with E-state index in [-0.39, 0.29) is 23.5 Å². The Balaban J connectivity index is -0.000000529. The predicted octanol–water partition coefficient (Wildman–Crippen LogP) is 7.06. The first kappa shape index (κ1) is 32.7. The van der Waals surface area contributed by atoms with E-state index in [1.807, 2.05) is 18.2 Å². The summed E-state index contributed by atoms with van der Waals surface area (Å²) in [5, 5.41) is 3.17. The molecule has 0 unspecified atom stereocenters. The lowest BCUT2D eigenvalue weighted by atomic mass is 10.0. The van der Waals surface area contributed by atoms with E-state index in [1.54, 1.807) is 11.8 Å². The first-order valence-electron chi connectivity index (χ1n) is 8.20. The van der Waals surface area contributed by atoms with Gasteiger partial charge in [-0.05, 0) is 59.7 Å². The Morgan fingerprint density at radius 2 is 1.30 bits per heavy atom. The lowest BCUT2D eigenvalue weighted by Gasteiger charge is -2.01. The number of hydrogen-bond acceptors (Lipinski definition) is 1. The summed E-state index contributed by atoms with van der Waals surface area (Å²) in [6, 6.07) is 19.0. The normalized spacial score (nSPS) is 8.19. The molecular weight excluding hydrogens is 379 g/mol. The minimum Gasteiger partial charge on any atom is -0.269 e. The summed E-state index contributed by atoms with van der Waals surface area (Å²) in [4.78, 5) is 1.19. The Morgan fingerprint density at radius 1 is 0.704 bits per heavy atom. The average molecular weight is 409 g/mol. The third-order valence-electron chi connectivity index (χ3n) is 3.63. The molecule has 0 atom stereocenters. The number of halogens is 5. The second kappa shape index (κ2) is 20.3. The molecule has 0 heterocycles. The van der Waals surface area contributed by atoms with E-state index < -0.39 is 0 Å². The van der Waals surface area contributed by atoms with E-state index in [0.29, 0.717) is 0 Å². The fourth-order valence-electron chi connectivity index (χ4n) is 2.32. The predicted molar refractivity (Wildman–Crippen MR) is 111 cm³/mol. The molecule has 0 spiro atoms. The van der Waals surface area contributed by atoms with Crippen LogP contribution < -0.4 is 0 Å². The zero-order valence-electron chi connectivity index (χ0n) is 15.4. The molecule has 0 saturated carbocycles. The number of unbranched alkanes of at least 4 members (excludes halogenated alkanes) is 4. The maximum Gasteiger partial charge on any atom is 0.0254 e. The average Bonchev–Trinajstić information content (AvgIpc) is 2.57. The van der Waals surface area contributed by atoms with Gasteiger partial charge < -0.3 is 0 Å². The van der Waals surface area contributed by atoms with Crippen molar-refractivity contribution in [1.29, 1.82) is 0 Å². The van der Waals surface area contributed by atoms with E-state index in [1.165, 1.54) is 49.0 Å². The van der Waals surface area contributed by atoms with Gasteiger partial charge in [0.15, 0.2) is 0 Å². The van der Waals surface area contributed by atoms with Gasteiger partial charge in [-0.25, -0.2) is 0 Å². The largest absolute Gasteiger partial charge is 0.269 e. The fourth-order valence-corrected chi connectivity index (χ4v) is 2.90. The van der Waals surface area contributed by atoms with Gasteiger partial charge in [0.25, 0.3) is 0 Å². The van der Waals surface area contributed by atoms with Crippen molar-refractivity contribution in [1.82, 2.24) is 0 Å². The zero-order valence-corrected chi connectivity index (χ0v) is 16.2. The first-order chi connectivity index (χ1) is 10.9. The third kappa shape index (κ3) is 13.8. The molecule has 0 amide bonds. The van der Waals surface area contributed by atoms with Crippen molar-refractivity contribution < 1.29 is 23.5 Å². The maximum atomic E-state index is 3.22. The van der Waals surface area contributed by atoms with Crippen molar-refractivity contribution in [2.24, 2.45) is 0 Å². The van der Waals surface area contributed by atoms with Gasteiger partial charge in [0, 0.05) is 10.5 Å². The van der Waals surface area contributed by atoms with Gasteiger partial charge >= 0.3 is 0 Å². The van der Waals surface area contributed by atoms with E-state index in [0.717, 1.165) is 5.56 Å². The molecule has 0 fully saturated rings. The Kier molecular flexibility index (Phi) is 24.6. The summed E-state index contributed by atoms with van der Waals surface area (Å²) in [6.45, 7) is 2.26. The molecule has 27 heavy (non-hydrogen) atoms. The van der Waals surface area contributed by atoms with Gasteiger partial charge in [0.05, 0.1) is 0 Å². The molecular formula is C21H29F5S. The Bertz CT molecular complexity index is 606.